The molecule has 2 rings (SSSR count). The van der Waals surface area contributed by atoms with E-state index < -0.39 is 47.7 Å². The van der Waals surface area contributed by atoms with Gasteiger partial charge in [-0.05, 0) is 17.7 Å². The molecule has 0 bridgehead atoms. The zero-order chi connectivity index (χ0) is 18.6. The van der Waals surface area contributed by atoms with Gasteiger partial charge in [0.25, 0.3) is 0 Å². The molecule has 0 unspecified atom stereocenters. The molecule has 4 N–H and O–H groups in total. The lowest BCUT2D eigenvalue weighted by Gasteiger charge is -2.40. The summed E-state index contributed by atoms with van der Waals surface area (Å²) in [5.74, 6) is 0.641. The monoisotopic (exact) mass is 380 g/mol. The van der Waals surface area contributed by atoms with Crippen molar-refractivity contribution in [2.45, 2.75) is 37.3 Å². The van der Waals surface area contributed by atoms with Crippen LogP contribution in [0.15, 0.2) is 24.3 Å². The fourth-order valence-electron chi connectivity index (χ4n) is 2.34. The van der Waals surface area contributed by atoms with E-state index in [2.05, 4.69) is 4.18 Å². The topological polar surface area (TPSA) is 152 Å². The van der Waals surface area contributed by atoms with Crippen molar-refractivity contribution < 1.29 is 46.7 Å². The van der Waals surface area contributed by atoms with Crippen molar-refractivity contribution in [2.24, 2.45) is 0 Å². The average Bonchev–Trinajstić information content (AvgIpc) is 2.57. The maximum atomic E-state index is 10.9. The molecular formula is C14H20O10S. The van der Waals surface area contributed by atoms with E-state index in [1.165, 1.54) is 7.11 Å². The maximum Gasteiger partial charge on any atom is 0.397 e. The average molecular weight is 380 g/mol. The van der Waals surface area contributed by atoms with Crippen LogP contribution in [0.4, 0.5) is 0 Å². The van der Waals surface area contributed by atoms with Crippen molar-refractivity contribution in [3.8, 4) is 5.75 Å². The highest BCUT2D eigenvalue weighted by molar-refractivity contribution is 7.80. The molecule has 5 atom stereocenters. The summed E-state index contributed by atoms with van der Waals surface area (Å²) in [5, 5.41) is 29.3. The molecule has 1 aromatic carbocycles. The molecule has 11 heteroatoms. The van der Waals surface area contributed by atoms with Crippen LogP contribution in [0.5, 0.6) is 5.75 Å². The standard InChI is InChI=1S/C14H20O10S/c1-21-9-4-2-8(3-5-9)7-22-14-12(17)13(24-25(18,19)20)11(16)10(6-15)23-14/h2-5,10-17H,6-7H2,1H3,(H,18,19,20)/t10-,11+,12-,13+,14-/m1/s1. The third-order valence-electron chi connectivity index (χ3n) is 3.63. The second-order valence-corrected chi connectivity index (χ2v) is 6.40. The Morgan fingerprint density at radius 3 is 2.32 bits per heavy atom. The summed E-state index contributed by atoms with van der Waals surface area (Å²) >= 11 is 0. The Labute approximate surface area is 144 Å². The number of methoxy groups -OCH3 is 1. The van der Waals surface area contributed by atoms with Gasteiger partial charge >= 0.3 is 10.4 Å². The zero-order valence-electron chi connectivity index (χ0n) is 13.3. The SMILES string of the molecule is COc1ccc(CO[C@@H]2O[C@H](CO)[C@H](O)[C@H](OS(=O)(=O)O)[C@H]2O)cc1. The van der Waals surface area contributed by atoms with Crippen LogP contribution in [0, 0.1) is 0 Å². The molecule has 1 aromatic rings. The first-order valence-electron chi connectivity index (χ1n) is 7.28. The first-order valence-corrected chi connectivity index (χ1v) is 8.64. The van der Waals surface area contributed by atoms with Gasteiger partial charge in [0.2, 0.25) is 0 Å². The second kappa shape index (κ2) is 8.38. The number of rotatable bonds is 7. The van der Waals surface area contributed by atoms with Gasteiger partial charge < -0.3 is 29.5 Å². The molecule has 1 aliphatic heterocycles. The maximum absolute atomic E-state index is 10.9. The molecule has 25 heavy (non-hydrogen) atoms. The number of hydrogen-bond donors (Lipinski definition) is 4. The molecule has 10 nitrogen and oxygen atoms in total. The normalized spacial score (nSPS) is 30.2. The molecule has 142 valence electrons. The fourth-order valence-corrected chi connectivity index (χ4v) is 2.85. The van der Waals surface area contributed by atoms with Crippen LogP contribution in [-0.2, 0) is 30.7 Å². The Morgan fingerprint density at radius 1 is 1.16 bits per heavy atom. The molecule has 0 spiro atoms. The molecule has 0 saturated carbocycles. The Bertz CT molecular complexity index is 646. The van der Waals surface area contributed by atoms with E-state index in [1.54, 1.807) is 24.3 Å². The van der Waals surface area contributed by atoms with Crippen molar-refractivity contribution in [1.29, 1.82) is 0 Å². The van der Waals surface area contributed by atoms with E-state index >= 15 is 0 Å². The summed E-state index contributed by atoms with van der Waals surface area (Å²) in [6.07, 6.45) is -7.84. The van der Waals surface area contributed by atoms with Gasteiger partial charge in [0.15, 0.2) is 6.29 Å². The van der Waals surface area contributed by atoms with Gasteiger partial charge in [-0.15, -0.1) is 0 Å². The number of aliphatic hydroxyl groups excluding tert-OH is 3. The van der Waals surface area contributed by atoms with Gasteiger partial charge in [-0.2, -0.15) is 8.42 Å². The van der Waals surface area contributed by atoms with E-state index in [9.17, 15) is 23.7 Å². The summed E-state index contributed by atoms with van der Waals surface area (Å²) in [6.45, 7) is -0.694. The van der Waals surface area contributed by atoms with Crippen molar-refractivity contribution in [2.75, 3.05) is 13.7 Å². The zero-order valence-corrected chi connectivity index (χ0v) is 14.1. The van der Waals surface area contributed by atoms with Crippen LogP contribution in [0.25, 0.3) is 0 Å². The molecule has 1 saturated heterocycles. The molecule has 0 radical (unpaired) electrons. The lowest BCUT2D eigenvalue weighted by Crippen LogP contribution is -2.60. The fraction of sp³-hybridized carbons (Fsp3) is 0.571. The Balaban J connectivity index is 2.07. The largest absolute Gasteiger partial charge is 0.497 e. The van der Waals surface area contributed by atoms with Gasteiger partial charge in [-0.1, -0.05) is 12.1 Å². The molecular weight excluding hydrogens is 360 g/mol. The predicted octanol–water partition coefficient (Wildman–Crippen LogP) is -1.16. The van der Waals surface area contributed by atoms with E-state index in [4.69, 9.17) is 18.8 Å². The van der Waals surface area contributed by atoms with Crippen molar-refractivity contribution >= 4 is 10.4 Å². The quantitative estimate of drug-likeness (QED) is 0.426. The predicted molar refractivity (Wildman–Crippen MR) is 82.0 cm³/mol. The third-order valence-corrected chi connectivity index (χ3v) is 4.09. The van der Waals surface area contributed by atoms with Gasteiger partial charge in [0.1, 0.15) is 30.2 Å². The first kappa shape index (κ1) is 20.0. The molecule has 1 fully saturated rings. The molecule has 0 amide bonds. The summed E-state index contributed by atoms with van der Waals surface area (Å²) in [4.78, 5) is 0. The third kappa shape index (κ3) is 5.33. The minimum Gasteiger partial charge on any atom is -0.497 e. The number of benzene rings is 1. The molecule has 1 heterocycles. The molecule has 0 aliphatic carbocycles. The Hall–Kier alpha value is -1.31. The van der Waals surface area contributed by atoms with Gasteiger partial charge in [0.05, 0.1) is 20.3 Å². The summed E-state index contributed by atoms with van der Waals surface area (Å²) in [5.41, 5.74) is 0.704. The van der Waals surface area contributed by atoms with E-state index in [0.717, 1.165) is 0 Å². The van der Waals surface area contributed by atoms with Crippen LogP contribution in [0.2, 0.25) is 0 Å². The first-order chi connectivity index (χ1) is 11.7. The summed E-state index contributed by atoms with van der Waals surface area (Å²) in [6, 6.07) is 6.81. The van der Waals surface area contributed by atoms with Crippen LogP contribution in [0.3, 0.4) is 0 Å². The highest BCUT2D eigenvalue weighted by atomic mass is 32.3. The summed E-state index contributed by atoms with van der Waals surface area (Å²) < 4.78 is 50.5. The van der Waals surface area contributed by atoms with Gasteiger partial charge in [-0.3, -0.25) is 4.55 Å². The van der Waals surface area contributed by atoms with E-state index in [1.807, 2.05) is 0 Å². The number of aliphatic hydroxyl groups is 3. The van der Waals surface area contributed by atoms with E-state index in [-0.39, 0.29) is 6.61 Å². The van der Waals surface area contributed by atoms with Crippen molar-refractivity contribution in [3.63, 3.8) is 0 Å². The van der Waals surface area contributed by atoms with Gasteiger partial charge in [-0.25, -0.2) is 4.18 Å². The minimum atomic E-state index is -4.95. The Morgan fingerprint density at radius 2 is 1.80 bits per heavy atom. The van der Waals surface area contributed by atoms with Crippen LogP contribution >= 0.6 is 0 Å². The summed E-state index contributed by atoms with van der Waals surface area (Å²) in [7, 11) is -3.42. The number of ether oxygens (including phenoxy) is 3. The minimum absolute atomic E-state index is 0.0153. The number of hydrogen-bond acceptors (Lipinski definition) is 9. The highest BCUT2D eigenvalue weighted by Crippen LogP contribution is 2.26. The van der Waals surface area contributed by atoms with Crippen LogP contribution in [0.1, 0.15) is 5.56 Å². The van der Waals surface area contributed by atoms with Crippen molar-refractivity contribution in [1.82, 2.24) is 0 Å². The second-order valence-electron chi connectivity index (χ2n) is 5.35. The lowest BCUT2D eigenvalue weighted by atomic mass is 9.99. The molecule has 0 aromatic heterocycles. The van der Waals surface area contributed by atoms with Crippen LogP contribution < -0.4 is 4.74 Å². The smallest absolute Gasteiger partial charge is 0.397 e. The highest BCUT2D eigenvalue weighted by Gasteiger charge is 2.47. The van der Waals surface area contributed by atoms with Crippen LogP contribution in [-0.4, -0.2) is 72.7 Å². The van der Waals surface area contributed by atoms with E-state index in [0.29, 0.717) is 11.3 Å². The van der Waals surface area contributed by atoms with Crippen molar-refractivity contribution in [3.05, 3.63) is 29.8 Å². The lowest BCUT2D eigenvalue weighted by molar-refractivity contribution is -0.300. The van der Waals surface area contributed by atoms with Gasteiger partial charge in [0, 0.05) is 0 Å². The Kier molecular flexibility index (Phi) is 6.71. The molecule has 1 aliphatic rings.